The Hall–Kier alpha value is -5.05. The molecule has 5 N–H and O–H groups in total. The normalized spacial score (nSPS) is 13.6. The average Bonchev–Trinajstić information content (AvgIpc) is 3.91. The lowest BCUT2D eigenvalue weighted by Crippen LogP contribution is -2.33. The van der Waals surface area contributed by atoms with Gasteiger partial charge in [0.2, 0.25) is 5.91 Å². The number of nitrogens with zero attached hydrogens (tertiary/aromatic N) is 1. The fraction of sp³-hybridized carbons (Fsp3) is 0.343. The zero-order valence-corrected chi connectivity index (χ0v) is 28.7. The molecule has 5 rings (SSSR count). The van der Waals surface area contributed by atoms with Crippen LogP contribution < -0.4 is 25.8 Å². The first-order valence-corrected chi connectivity index (χ1v) is 17.3. The van der Waals surface area contributed by atoms with Crippen LogP contribution in [-0.4, -0.2) is 54.5 Å². The number of carboxylic acid groups (broad SMARTS) is 1. The highest BCUT2D eigenvalue weighted by molar-refractivity contribution is 7.92. The van der Waals surface area contributed by atoms with Crippen molar-refractivity contribution in [1.82, 2.24) is 10.3 Å². The van der Waals surface area contributed by atoms with Crippen LogP contribution >= 0.6 is 0 Å². The van der Waals surface area contributed by atoms with E-state index in [0.717, 1.165) is 22.0 Å². The number of rotatable bonds is 12. The Labute approximate surface area is 287 Å². The number of aliphatic carboxylic acids is 1. The number of nitrogens with two attached hydrogens (primary N) is 1. The first kappa shape index (κ1) is 37.8. The maximum atomic E-state index is 14.0. The summed E-state index contributed by atoms with van der Waals surface area (Å²) >= 11 is 0. The monoisotopic (exact) mass is 716 g/mol. The molecule has 3 aromatic carbocycles. The van der Waals surface area contributed by atoms with Gasteiger partial charge in [-0.05, 0) is 99.0 Å². The van der Waals surface area contributed by atoms with Gasteiger partial charge in [-0.3, -0.25) is 4.79 Å². The number of carboxylic acids is 1. The molecule has 50 heavy (non-hydrogen) atoms. The number of fused-ring (bicyclic) bond motifs is 1. The number of amides is 1. The maximum Gasteiger partial charge on any atom is 0.490 e. The smallest absolute Gasteiger partial charge is 0.490 e. The Morgan fingerprint density at radius 1 is 1.04 bits per heavy atom. The van der Waals surface area contributed by atoms with Crippen LogP contribution in [0.5, 0.6) is 11.5 Å². The third kappa shape index (κ3) is 9.14. The average molecular weight is 717 g/mol. The molecule has 0 aliphatic heterocycles. The van der Waals surface area contributed by atoms with Crippen LogP contribution in [-0.2, 0) is 26.0 Å². The summed E-state index contributed by atoms with van der Waals surface area (Å²) in [5.41, 5.74) is 8.98. The second-order valence-electron chi connectivity index (χ2n) is 11.8. The van der Waals surface area contributed by atoms with E-state index in [4.69, 9.17) is 25.1 Å². The van der Waals surface area contributed by atoms with E-state index in [-0.39, 0.29) is 28.7 Å². The first-order valence-electron chi connectivity index (χ1n) is 15.8. The number of ether oxygens (including phenoxy) is 2. The van der Waals surface area contributed by atoms with E-state index in [2.05, 4.69) is 15.6 Å². The number of nitrogens with one attached hydrogen (secondary N) is 2. The highest BCUT2D eigenvalue weighted by Gasteiger charge is 2.39. The van der Waals surface area contributed by atoms with Crippen LogP contribution in [0.4, 0.5) is 24.7 Å². The van der Waals surface area contributed by atoms with Gasteiger partial charge in [0.1, 0.15) is 11.9 Å². The number of sulfone groups is 1. The van der Waals surface area contributed by atoms with Gasteiger partial charge < -0.3 is 30.9 Å². The molecule has 1 heterocycles. The highest BCUT2D eigenvalue weighted by atomic mass is 32.2. The number of nitrogen functional groups attached to an aromatic ring is 1. The quantitative estimate of drug-likeness (QED) is 0.130. The number of carbonyl (C=O) groups excluding carboxylic acids is 1. The Morgan fingerprint density at radius 3 is 2.34 bits per heavy atom. The number of carbonyl (C=O) groups is 2. The molecule has 4 aromatic rings. The number of aromatic nitrogens is 1. The van der Waals surface area contributed by atoms with Gasteiger partial charge in [-0.1, -0.05) is 24.3 Å². The molecular formula is C35H39F3N4O7S. The molecule has 11 nitrogen and oxygen atoms in total. The Morgan fingerprint density at radius 2 is 1.72 bits per heavy atom. The molecule has 0 radical (unpaired) electrons. The van der Waals surface area contributed by atoms with Gasteiger partial charge in [-0.25, -0.2) is 18.2 Å². The van der Waals surface area contributed by atoms with Crippen molar-refractivity contribution in [1.29, 1.82) is 0 Å². The number of benzene rings is 3. The van der Waals surface area contributed by atoms with Gasteiger partial charge in [0.15, 0.2) is 21.3 Å². The molecule has 1 amide bonds. The van der Waals surface area contributed by atoms with E-state index in [0.29, 0.717) is 47.9 Å². The predicted molar refractivity (Wildman–Crippen MR) is 183 cm³/mol. The third-order valence-electron chi connectivity index (χ3n) is 7.71. The van der Waals surface area contributed by atoms with E-state index in [1.54, 1.807) is 36.5 Å². The lowest BCUT2D eigenvalue weighted by Gasteiger charge is -2.24. The van der Waals surface area contributed by atoms with E-state index < -0.39 is 28.0 Å². The van der Waals surface area contributed by atoms with Crippen molar-refractivity contribution in [3.63, 3.8) is 0 Å². The van der Waals surface area contributed by atoms with Crippen molar-refractivity contribution in [3.8, 4) is 11.5 Å². The van der Waals surface area contributed by atoms with Crippen LogP contribution in [0.2, 0.25) is 0 Å². The van der Waals surface area contributed by atoms with Crippen LogP contribution in [0.25, 0.3) is 10.8 Å². The van der Waals surface area contributed by atoms with Gasteiger partial charge in [0, 0.05) is 23.8 Å². The summed E-state index contributed by atoms with van der Waals surface area (Å²) in [6, 6.07) is 17.1. The van der Waals surface area contributed by atoms with Gasteiger partial charge in [-0.2, -0.15) is 13.2 Å². The van der Waals surface area contributed by atoms with Crippen LogP contribution in [0, 0.1) is 6.92 Å². The molecule has 0 bridgehead atoms. The van der Waals surface area contributed by atoms with Crippen molar-refractivity contribution >= 4 is 44.0 Å². The number of alkyl halides is 3. The summed E-state index contributed by atoms with van der Waals surface area (Å²) in [4.78, 5) is 27.3. The summed E-state index contributed by atoms with van der Waals surface area (Å²) in [5.74, 6) is -1.53. The Kier molecular flexibility index (Phi) is 11.8. The molecular weight excluding hydrogens is 677 g/mol. The fourth-order valence-corrected chi connectivity index (χ4v) is 7.02. The standard InChI is InChI=1S/C33H38N4O5S.C2HF3O2/c1-5-41-29-18-22(10-15-28(29)42-20(2)3)31(37-27-14-13-26-25(21(27)4)16-17-35-32(26)34)33(38)36-19-23-8-6-7-9-30(23)43(39,40)24-11-12-24;3-2(4,5)1(6)7/h6-10,13-18,20,24,31,37H,5,11-12,19H2,1-4H3,(H2,34,35)(H,36,38);(H,6,7). The van der Waals surface area contributed by atoms with E-state index in [1.807, 2.05) is 58.0 Å². The summed E-state index contributed by atoms with van der Waals surface area (Å²) in [7, 11) is -3.43. The molecule has 1 fully saturated rings. The second-order valence-corrected chi connectivity index (χ2v) is 14.0. The van der Waals surface area contributed by atoms with Gasteiger partial charge >= 0.3 is 12.1 Å². The minimum absolute atomic E-state index is 0.0589. The van der Waals surface area contributed by atoms with Crippen LogP contribution in [0.15, 0.2) is 71.8 Å². The van der Waals surface area contributed by atoms with Crippen LogP contribution in [0.1, 0.15) is 56.3 Å². The lowest BCUT2D eigenvalue weighted by atomic mass is 10.0. The van der Waals surface area contributed by atoms with Crippen molar-refractivity contribution in [2.45, 2.75) is 75.5 Å². The maximum absolute atomic E-state index is 14.0. The molecule has 1 unspecified atom stereocenters. The molecule has 15 heteroatoms. The second kappa shape index (κ2) is 15.7. The number of hydrogen-bond acceptors (Lipinski definition) is 9. The van der Waals surface area contributed by atoms with E-state index in [1.165, 1.54) is 0 Å². The number of aryl methyl sites for hydroxylation is 1. The lowest BCUT2D eigenvalue weighted by molar-refractivity contribution is -0.192. The summed E-state index contributed by atoms with van der Waals surface area (Å²) < 4.78 is 69.7. The van der Waals surface area contributed by atoms with Crippen molar-refractivity contribution in [2.75, 3.05) is 17.7 Å². The van der Waals surface area contributed by atoms with E-state index >= 15 is 0 Å². The molecule has 1 aliphatic carbocycles. The van der Waals surface area contributed by atoms with Gasteiger partial charge in [0.25, 0.3) is 0 Å². The zero-order valence-electron chi connectivity index (χ0n) is 27.9. The fourth-order valence-electron chi connectivity index (χ4n) is 5.13. The summed E-state index contributed by atoms with van der Waals surface area (Å²) in [6.45, 7) is 8.21. The molecule has 1 aliphatic rings. The predicted octanol–water partition coefficient (Wildman–Crippen LogP) is 6.35. The highest BCUT2D eigenvalue weighted by Crippen LogP contribution is 2.36. The van der Waals surface area contributed by atoms with Crippen LogP contribution in [0.3, 0.4) is 0 Å². The number of halogens is 3. The first-order chi connectivity index (χ1) is 23.5. The molecule has 1 saturated carbocycles. The Balaban J connectivity index is 0.000000727. The minimum Gasteiger partial charge on any atom is -0.490 e. The van der Waals surface area contributed by atoms with E-state index in [9.17, 15) is 26.4 Å². The number of pyridine rings is 1. The molecule has 1 atom stereocenters. The summed E-state index contributed by atoms with van der Waals surface area (Å²) in [5, 5.41) is 14.9. The molecule has 268 valence electrons. The topological polar surface area (TPSA) is 170 Å². The molecule has 0 saturated heterocycles. The van der Waals surface area contributed by atoms with Crippen molar-refractivity contribution in [3.05, 3.63) is 83.6 Å². The minimum atomic E-state index is -5.08. The SMILES string of the molecule is CCOc1cc(C(Nc2ccc3c(N)nccc3c2C)C(=O)NCc2ccccc2S(=O)(=O)C2CC2)ccc1OC(C)C.O=C(O)C(F)(F)F. The van der Waals surface area contributed by atoms with Gasteiger partial charge in [-0.15, -0.1) is 0 Å². The Bertz CT molecular complexity index is 1970. The number of anilines is 2. The number of hydrogen-bond donors (Lipinski definition) is 4. The zero-order chi connectivity index (χ0) is 36.8. The molecule has 1 aromatic heterocycles. The van der Waals surface area contributed by atoms with Gasteiger partial charge in [0.05, 0.1) is 22.9 Å². The molecule has 0 spiro atoms. The van der Waals surface area contributed by atoms with Crippen molar-refractivity contribution in [2.24, 2.45) is 0 Å². The third-order valence-corrected chi connectivity index (χ3v) is 10.1. The largest absolute Gasteiger partial charge is 0.490 e. The van der Waals surface area contributed by atoms with Crippen molar-refractivity contribution < 1.29 is 45.8 Å². The summed E-state index contributed by atoms with van der Waals surface area (Å²) in [6.07, 6.45) is -2.15.